The van der Waals surface area contributed by atoms with E-state index in [4.69, 9.17) is 4.74 Å². The van der Waals surface area contributed by atoms with Crippen molar-refractivity contribution in [2.75, 3.05) is 6.61 Å². The lowest BCUT2D eigenvalue weighted by Gasteiger charge is -2.44. The maximum Gasteiger partial charge on any atom is 0.0811 e. The van der Waals surface area contributed by atoms with Gasteiger partial charge in [-0.15, -0.1) is 0 Å². The minimum Gasteiger partial charge on any atom is -0.393 e. The minimum atomic E-state index is -0.629. The zero-order chi connectivity index (χ0) is 22.8. The molecule has 0 aromatic heterocycles. The van der Waals surface area contributed by atoms with Gasteiger partial charge in [0.15, 0.2) is 0 Å². The summed E-state index contributed by atoms with van der Waals surface area (Å²) in [6.07, 6.45) is 12.1. The molecule has 0 unspecified atom stereocenters. The van der Waals surface area contributed by atoms with E-state index in [0.29, 0.717) is 31.3 Å². The molecular weight excluding hydrogens is 388 g/mol. The Morgan fingerprint density at radius 3 is 2.71 bits per heavy atom. The molecule has 0 saturated heterocycles. The van der Waals surface area contributed by atoms with Gasteiger partial charge < -0.3 is 20.1 Å². The van der Waals surface area contributed by atoms with Crippen molar-refractivity contribution in [3.05, 3.63) is 35.5 Å². The van der Waals surface area contributed by atoms with Crippen LogP contribution in [0.15, 0.2) is 35.5 Å². The zero-order valence-corrected chi connectivity index (χ0v) is 20.1. The number of aliphatic hydroxyl groups is 3. The number of rotatable bonds is 7. The SMILES string of the molecule is C=C1/C(=C\C=C2/CCC[C@]3(C)[C@@H]([C@H](C)OCCCC(C)(C)O)CC[C@@H]23)C[C@@H](O)C[C@@H]1O. The molecule has 31 heavy (non-hydrogen) atoms. The first kappa shape index (κ1) is 24.7. The van der Waals surface area contributed by atoms with Crippen LogP contribution in [0, 0.1) is 17.3 Å². The third kappa shape index (κ3) is 5.90. The van der Waals surface area contributed by atoms with Gasteiger partial charge in [-0.3, -0.25) is 0 Å². The van der Waals surface area contributed by atoms with E-state index in [1.807, 2.05) is 13.8 Å². The Labute approximate surface area is 189 Å². The quantitative estimate of drug-likeness (QED) is 0.491. The van der Waals surface area contributed by atoms with E-state index in [-0.39, 0.29) is 11.5 Å². The predicted octanol–water partition coefficient (Wildman–Crippen LogP) is 5.08. The van der Waals surface area contributed by atoms with Crippen LogP contribution in [-0.2, 0) is 4.74 Å². The van der Waals surface area contributed by atoms with E-state index >= 15 is 0 Å². The Hall–Kier alpha value is -0.940. The van der Waals surface area contributed by atoms with Crippen molar-refractivity contribution in [2.24, 2.45) is 17.3 Å². The summed E-state index contributed by atoms with van der Waals surface area (Å²) in [5, 5.41) is 30.1. The lowest BCUT2D eigenvalue weighted by atomic mass is 9.62. The summed E-state index contributed by atoms with van der Waals surface area (Å²) >= 11 is 0. The van der Waals surface area contributed by atoms with E-state index in [9.17, 15) is 15.3 Å². The van der Waals surface area contributed by atoms with Gasteiger partial charge in [-0.1, -0.05) is 31.2 Å². The predicted molar refractivity (Wildman–Crippen MR) is 126 cm³/mol. The van der Waals surface area contributed by atoms with Crippen LogP contribution < -0.4 is 0 Å². The van der Waals surface area contributed by atoms with Crippen molar-refractivity contribution in [3.8, 4) is 0 Å². The average molecular weight is 433 g/mol. The summed E-state index contributed by atoms with van der Waals surface area (Å²) in [6.45, 7) is 13.2. The molecule has 3 aliphatic carbocycles. The highest BCUT2D eigenvalue weighted by atomic mass is 16.5. The zero-order valence-electron chi connectivity index (χ0n) is 20.1. The Morgan fingerprint density at radius 2 is 2.00 bits per heavy atom. The monoisotopic (exact) mass is 432 g/mol. The number of ether oxygens (including phenoxy) is 1. The third-order valence-corrected chi connectivity index (χ3v) is 8.18. The number of hydrogen-bond acceptors (Lipinski definition) is 4. The van der Waals surface area contributed by atoms with Crippen LogP contribution >= 0.6 is 0 Å². The molecule has 4 heteroatoms. The largest absolute Gasteiger partial charge is 0.393 e. The van der Waals surface area contributed by atoms with Crippen molar-refractivity contribution in [1.29, 1.82) is 0 Å². The Balaban J connectivity index is 1.66. The lowest BCUT2D eigenvalue weighted by molar-refractivity contribution is -0.0318. The second-order valence-electron chi connectivity index (χ2n) is 11.2. The van der Waals surface area contributed by atoms with E-state index in [1.54, 1.807) is 0 Å². The third-order valence-electron chi connectivity index (χ3n) is 8.18. The Bertz CT molecular complexity index is 701. The Morgan fingerprint density at radius 1 is 1.26 bits per heavy atom. The lowest BCUT2D eigenvalue weighted by Crippen LogP contribution is -2.38. The number of allylic oxidation sites excluding steroid dienone is 3. The van der Waals surface area contributed by atoms with Crippen LogP contribution in [0.3, 0.4) is 0 Å². The molecule has 0 bridgehead atoms. The van der Waals surface area contributed by atoms with Crippen molar-refractivity contribution in [1.82, 2.24) is 0 Å². The van der Waals surface area contributed by atoms with Gasteiger partial charge in [0.1, 0.15) is 0 Å². The van der Waals surface area contributed by atoms with Crippen LogP contribution in [0.5, 0.6) is 0 Å². The molecule has 0 spiro atoms. The topological polar surface area (TPSA) is 69.9 Å². The van der Waals surface area contributed by atoms with Crippen molar-refractivity contribution in [2.45, 2.75) is 109 Å². The van der Waals surface area contributed by atoms with Crippen molar-refractivity contribution in [3.63, 3.8) is 0 Å². The number of hydrogen-bond donors (Lipinski definition) is 3. The summed E-state index contributed by atoms with van der Waals surface area (Å²) in [7, 11) is 0. The van der Waals surface area contributed by atoms with Gasteiger partial charge in [-0.25, -0.2) is 0 Å². The second-order valence-corrected chi connectivity index (χ2v) is 11.2. The summed E-state index contributed by atoms with van der Waals surface area (Å²) < 4.78 is 6.25. The number of fused-ring (bicyclic) bond motifs is 1. The molecular formula is C27H44O4. The van der Waals surface area contributed by atoms with E-state index in [2.05, 4.69) is 32.6 Å². The molecule has 3 N–H and O–H groups in total. The highest BCUT2D eigenvalue weighted by molar-refractivity contribution is 5.38. The van der Waals surface area contributed by atoms with Crippen molar-refractivity contribution >= 4 is 0 Å². The minimum absolute atomic E-state index is 0.234. The molecule has 0 aromatic carbocycles. The molecule has 6 atom stereocenters. The van der Waals surface area contributed by atoms with Gasteiger partial charge in [0.2, 0.25) is 0 Å². The average Bonchev–Trinajstić information content (AvgIpc) is 3.03. The first-order chi connectivity index (χ1) is 14.5. The fourth-order valence-electron chi connectivity index (χ4n) is 6.41. The normalized spacial score (nSPS) is 38.0. The smallest absolute Gasteiger partial charge is 0.0811 e. The molecule has 0 radical (unpaired) electrons. The van der Waals surface area contributed by atoms with E-state index in [1.165, 1.54) is 31.3 Å². The second kappa shape index (κ2) is 9.91. The van der Waals surface area contributed by atoms with Crippen molar-refractivity contribution < 1.29 is 20.1 Å². The van der Waals surface area contributed by atoms with Crippen LogP contribution in [0.4, 0.5) is 0 Å². The molecule has 0 aromatic rings. The van der Waals surface area contributed by atoms with Gasteiger partial charge >= 0.3 is 0 Å². The highest BCUT2D eigenvalue weighted by Crippen LogP contribution is 2.58. The molecule has 176 valence electrons. The van der Waals surface area contributed by atoms with Gasteiger partial charge in [-0.2, -0.15) is 0 Å². The van der Waals surface area contributed by atoms with Crippen LogP contribution in [0.1, 0.15) is 85.5 Å². The number of aliphatic hydroxyl groups excluding tert-OH is 2. The fourth-order valence-corrected chi connectivity index (χ4v) is 6.41. The molecule has 3 saturated carbocycles. The summed E-state index contributed by atoms with van der Waals surface area (Å²) in [4.78, 5) is 0. The van der Waals surface area contributed by atoms with Crippen LogP contribution in [-0.4, -0.2) is 45.8 Å². The molecule has 0 aliphatic heterocycles. The van der Waals surface area contributed by atoms with Crippen LogP contribution in [0.25, 0.3) is 0 Å². The summed E-state index contributed by atoms with van der Waals surface area (Å²) in [5.74, 6) is 1.14. The van der Waals surface area contributed by atoms with E-state index in [0.717, 1.165) is 30.4 Å². The molecule has 0 amide bonds. The standard InChI is InChI=1S/C27H44O4/c1-18-21(16-22(28)17-25(18)29)10-9-20-8-6-14-27(5)23(11-12-24(20)27)19(2)31-15-7-13-26(3,4)30/h9-10,19,22-25,28-30H,1,6-8,11-17H2,2-5H3/b20-9+,21-10-/t19-,22+,23+,24-,25-,27+/m0/s1. The highest BCUT2D eigenvalue weighted by Gasteiger charge is 2.51. The first-order valence-electron chi connectivity index (χ1n) is 12.3. The molecule has 3 rings (SSSR count). The van der Waals surface area contributed by atoms with E-state index < -0.39 is 17.8 Å². The maximum absolute atomic E-state index is 10.1. The maximum atomic E-state index is 10.1. The summed E-state index contributed by atoms with van der Waals surface area (Å²) in [6, 6.07) is 0. The fraction of sp³-hybridized carbons (Fsp3) is 0.778. The molecule has 3 aliphatic rings. The van der Waals surface area contributed by atoms with Crippen LogP contribution in [0.2, 0.25) is 0 Å². The Kier molecular flexibility index (Phi) is 7.89. The van der Waals surface area contributed by atoms with Gasteiger partial charge in [0, 0.05) is 13.0 Å². The molecule has 4 nitrogen and oxygen atoms in total. The molecule has 3 fully saturated rings. The molecule has 0 heterocycles. The van der Waals surface area contributed by atoms with Gasteiger partial charge in [0.05, 0.1) is 23.9 Å². The van der Waals surface area contributed by atoms with Gasteiger partial charge in [-0.05, 0) is 101 Å². The first-order valence-corrected chi connectivity index (χ1v) is 12.3. The van der Waals surface area contributed by atoms with Gasteiger partial charge in [0.25, 0.3) is 0 Å². The summed E-state index contributed by atoms with van der Waals surface area (Å²) in [5.41, 5.74) is 2.91.